The Morgan fingerprint density at radius 2 is 2.00 bits per heavy atom. The molecule has 0 saturated carbocycles. The van der Waals surface area contributed by atoms with Gasteiger partial charge in [-0.1, -0.05) is 0 Å². The summed E-state index contributed by atoms with van der Waals surface area (Å²) < 4.78 is 0. The lowest BCUT2D eigenvalue weighted by molar-refractivity contribution is 1.20. The summed E-state index contributed by atoms with van der Waals surface area (Å²) >= 11 is 0. The Balaban J connectivity index is 0.000000605. The van der Waals surface area contributed by atoms with Gasteiger partial charge in [-0.15, -0.1) is 24.8 Å². The van der Waals surface area contributed by atoms with Crippen molar-refractivity contribution in [3.63, 3.8) is 0 Å². The Morgan fingerprint density at radius 1 is 1.25 bits per heavy atom. The summed E-state index contributed by atoms with van der Waals surface area (Å²) in [5.41, 5.74) is 1.13. The van der Waals surface area contributed by atoms with Crippen LogP contribution in [-0.2, 0) is 0 Å². The molecule has 0 unspecified atom stereocenters. The molecule has 6 heteroatoms. The molecule has 2 rings (SSSR count). The van der Waals surface area contributed by atoms with Crippen LogP contribution >= 0.6 is 24.8 Å². The highest BCUT2D eigenvalue weighted by Crippen LogP contribution is 1.98. The van der Waals surface area contributed by atoms with E-state index in [0.717, 1.165) is 5.52 Å². The molecule has 0 aliphatic carbocycles. The van der Waals surface area contributed by atoms with Crippen molar-refractivity contribution in [2.24, 2.45) is 0 Å². The average Bonchev–Trinajstić information content (AvgIpc) is 2.27. The van der Waals surface area contributed by atoms with Gasteiger partial charge in [-0.25, -0.2) is 9.78 Å². The Labute approximate surface area is 80.2 Å². The van der Waals surface area contributed by atoms with Crippen molar-refractivity contribution >= 4 is 36.0 Å². The van der Waals surface area contributed by atoms with Crippen LogP contribution in [-0.4, -0.2) is 15.0 Å². The number of fused-ring (bicyclic) bond motifs is 1. The molecule has 4 nitrogen and oxygen atoms in total. The fourth-order valence-electron chi connectivity index (χ4n) is 0.867. The van der Waals surface area contributed by atoms with E-state index in [2.05, 4.69) is 15.0 Å². The van der Waals surface area contributed by atoms with Crippen molar-refractivity contribution in [2.45, 2.75) is 0 Å². The van der Waals surface area contributed by atoms with E-state index in [1.807, 2.05) is 0 Å². The summed E-state index contributed by atoms with van der Waals surface area (Å²) in [7, 11) is 0. The van der Waals surface area contributed by atoms with Crippen molar-refractivity contribution in [1.82, 2.24) is 15.0 Å². The second kappa shape index (κ2) is 4.13. The lowest BCUT2D eigenvalue weighted by atomic mass is 10.4. The Bertz CT molecular complexity index is 372. The fraction of sp³-hybridized carbons (Fsp3) is 0. The quantitative estimate of drug-likeness (QED) is 0.680. The monoisotopic (exact) mass is 207 g/mol. The van der Waals surface area contributed by atoms with E-state index in [1.54, 1.807) is 18.3 Å². The second-order valence-corrected chi connectivity index (χ2v) is 1.98. The molecule has 0 aliphatic rings. The van der Waals surface area contributed by atoms with Gasteiger partial charge in [0.25, 0.3) is 0 Å². The highest BCUT2D eigenvalue weighted by molar-refractivity contribution is 5.85. The van der Waals surface area contributed by atoms with Crippen LogP contribution in [0.1, 0.15) is 0 Å². The van der Waals surface area contributed by atoms with Crippen LogP contribution in [0.2, 0.25) is 0 Å². The maximum atomic E-state index is 10.6. The summed E-state index contributed by atoms with van der Waals surface area (Å²) in [6.45, 7) is 0. The summed E-state index contributed by atoms with van der Waals surface area (Å²) in [5.74, 6) is 0. The van der Waals surface area contributed by atoms with Crippen LogP contribution in [0, 0.1) is 0 Å². The molecular weight excluding hydrogens is 201 g/mol. The predicted molar refractivity (Wildman–Crippen MR) is 51.2 cm³/mol. The number of pyridine rings is 1. The highest BCUT2D eigenvalue weighted by Gasteiger charge is 1.93. The van der Waals surface area contributed by atoms with Crippen LogP contribution in [0.4, 0.5) is 0 Å². The molecule has 0 bridgehead atoms. The Hall–Kier alpha value is -1.00. The number of rotatable bonds is 0. The molecule has 0 radical (unpaired) electrons. The van der Waals surface area contributed by atoms with Gasteiger partial charge in [0, 0.05) is 6.20 Å². The summed E-state index contributed by atoms with van der Waals surface area (Å²) in [6, 6.07) is 3.56. The normalized spacial score (nSPS) is 8.67. The van der Waals surface area contributed by atoms with Gasteiger partial charge < -0.3 is 4.98 Å². The molecule has 0 amide bonds. The number of nitrogens with one attached hydrogen (secondary N) is 2. The molecule has 66 valence electrons. The largest absolute Gasteiger partial charge is 0.325 e. The number of aromatic nitrogens is 3. The number of hydrogen-bond donors (Lipinski definition) is 2. The Morgan fingerprint density at radius 3 is 2.67 bits per heavy atom. The molecule has 0 spiro atoms. The summed E-state index contributed by atoms with van der Waals surface area (Å²) in [5, 5.41) is 0. The standard InChI is InChI=1S/C6H5N3O.2ClH/c10-6-8-4-2-1-3-7-5(4)9-6;;/h1-3H,(H2,7,8,9,10);2*1H. The van der Waals surface area contributed by atoms with E-state index in [1.165, 1.54) is 0 Å². The maximum absolute atomic E-state index is 10.6. The third-order valence-corrected chi connectivity index (χ3v) is 1.29. The maximum Gasteiger partial charge on any atom is 0.325 e. The van der Waals surface area contributed by atoms with E-state index in [4.69, 9.17) is 0 Å². The molecule has 0 aromatic carbocycles. The van der Waals surface area contributed by atoms with Gasteiger partial charge >= 0.3 is 5.69 Å². The van der Waals surface area contributed by atoms with Crippen molar-refractivity contribution < 1.29 is 0 Å². The zero-order valence-corrected chi connectivity index (χ0v) is 7.54. The number of hydrogen-bond acceptors (Lipinski definition) is 2. The van der Waals surface area contributed by atoms with E-state index in [0.29, 0.717) is 5.65 Å². The smallest absolute Gasteiger partial charge is 0.304 e. The molecule has 2 aromatic rings. The number of H-pyrrole nitrogens is 2. The molecule has 2 aromatic heterocycles. The third-order valence-electron chi connectivity index (χ3n) is 1.29. The summed E-state index contributed by atoms with van der Waals surface area (Å²) in [6.07, 6.45) is 1.63. The minimum absolute atomic E-state index is 0. The van der Waals surface area contributed by atoms with Crippen LogP contribution in [0.25, 0.3) is 11.2 Å². The minimum Gasteiger partial charge on any atom is -0.304 e. The first-order valence-corrected chi connectivity index (χ1v) is 2.89. The van der Waals surface area contributed by atoms with Crippen molar-refractivity contribution in [1.29, 1.82) is 0 Å². The molecule has 0 atom stereocenters. The Kier molecular flexibility index (Phi) is 3.79. The van der Waals surface area contributed by atoms with Gasteiger partial charge in [0.2, 0.25) is 0 Å². The molecule has 2 heterocycles. The van der Waals surface area contributed by atoms with Gasteiger partial charge in [0.1, 0.15) is 0 Å². The first-order valence-electron chi connectivity index (χ1n) is 2.89. The van der Waals surface area contributed by atoms with Crippen molar-refractivity contribution in [3.05, 3.63) is 28.8 Å². The lowest BCUT2D eigenvalue weighted by Crippen LogP contribution is -1.99. The molecule has 0 fully saturated rings. The summed E-state index contributed by atoms with van der Waals surface area (Å²) in [4.78, 5) is 19.7. The van der Waals surface area contributed by atoms with Crippen LogP contribution in [0.15, 0.2) is 23.1 Å². The minimum atomic E-state index is -0.214. The van der Waals surface area contributed by atoms with E-state index in [9.17, 15) is 4.79 Å². The number of aromatic amines is 2. The molecule has 12 heavy (non-hydrogen) atoms. The number of nitrogens with zero attached hydrogens (tertiary/aromatic N) is 1. The van der Waals surface area contributed by atoms with Gasteiger partial charge in [0.05, 0.1) is 5.52 Å². The van der Waals surface area contributed by atoms with Crippen LogP contribution in [0.5, 0.6) is 0 Å². The predicted octanol–water partition coefficient (Wildman–Crippen LogP) is 1.09. The van der Waals surface area contributed by atoms with Crippen molar-refractivity contribution in [3.8, 4) is 0 Å². The van der Waals surface area contributed by atoms with E-state index >= 15 is 0 Å². The first kappa shape index (κ1) is 11.0. The van der Waals surface area contributed by atoms with Crippen LogP contribution in [0.3, 0.4) is 0 Å². The van der Waals surface area contributed by atoms with E-state index < -0.39 is 0 Å². The fourth-order valence-corrected chi connectivity index (χ4v) is 0.867. The van der Waals surface area contributed by atoms with E-state index in [-0.39, 0.29) is 30.5 Å². The SMILES string of the molecule is Cl.Cl.O=c1[nH]c2cccnc2[nH]1. The van der Waals surface area contributed by atoms with Gasteiger partial charge in [-0.3, -0.25) is 4.98 Å². The number of imidazole rings is 1. The highest BCUT2D eigenvalue weighted by atomic mass is 35.5. The second-order valence-electron chi connectivity index (χ2n) is 1.98. The van der Waals surface area contributed by atoms with Crippen LogP contribution < -0.4 is 5.69 Å². The molecular formula is C6H7Cl2N3O. The van der Waals surface area contributed by atoms with Gasteiger partial charge in [0.15, 0.2) is 5.65 Å². The lowest BCUT2D eigenvalue weighted by Gasteiger charge is -1.81. The molecule has 2 N–H and O–H groups in total. The molecule has 0 aliphatic heterocycles. The van der Waals surface area contributed by atoms with Crippen molar-refractivity contribution in [2.75, 3.05) is 0 Å². The van der Waals surface area contributed by atoms with Gasteiger partial charge in [-0.2, -0.15) is 0 Å². The zero-order valence-electron chi connectivity index (χ0n) is 5.90. The first-order chi connectivity index (χ1) is 4.86. The van der Waals surface area contributed by atoms with Gasteiger partial charge in [-0.05, 0) is 12.1 Å². The molecule has 0 saturated heterocycles. The third kappa shape index (κ3) is 1.78. The number of halogens is 2. The zero-order chi connectivity index (χ0) is 6.97. The average molecular weight is 208 g/mol. The topological polar surface area (TPSA) is 61.5 Å².